The lowest BCUT2D eigenvalue weighted by Gasteiger charge is -2.30. The van der Waals surface area contributed by atoms with Crippen molar-refractivity contribution in [1.29, 1.82) is 0 Å². The number of hydrogen-bond donors (Lipinski definition) is 3. The maximum atomic E-state index is 11.9. The van der Waals surface area contributed by atoms with Crippen molar-refractivity contribution in [3.8, 4) is 0 Å². The van der Waals surface area contributed by atoms with E-state index in [-0.39, 0.29) is 5.91 Å². The predicted octanol–water partition coefficient (Wildman–Crippen LogP) is 2.07. The zero-order chi connectivity index (χ0) is 20.8. The van der Waals surface area contributed by atoms with Crippen molar-refractivity contribution >= 4 is 23.1 Å². The molecule has 154 valence electrons. The summed E-state index contributed by atoms with van der Waals surface area (Å²) in [5.41, 5.74) is 16.4. The molecule has 1 aromatic carbocycles. The van der Waals surface area contributed by atoms with E-state index in [0.717, 1.165) is 47.1 Å². The number of nitrogens with zero attached hydrogens (tertiary/aromatic N) is 3. The number of rotatable bonds is 7. The van der Waals surface area contributed by atoms with Gasteiger partial charge >= 0.3 is 0 Å². The van der Waals surface area contributed by atoms with E-state index in [0.29, 0.717) is 18.9 Å². The van der Waals surface area contributed by atoms with Crippen LogP contribution >= 0.6 is 0 Å². The van der Waals surface area contributed by atoms with Gasteiger partial charge in [0, 0.05) is 50.3 Å². The lowest BCUT2D eigenvalue weighted by Crippen LogP contribution is -2.41. The molecule has 0 aromatic heterocycles. The molecule has 0 spiro atoms. The predicted molar refractivity (Wildman–Crippen MR) is 118 cm³/mol. The highest BCUT2D eigenvalue weighted by molar-refractivity contribution is 6.09. The third kappa shape index (κ3) is 5.47. The normalized spacial score (nSPS) is 18.5. The molecule has 2 aliphatic rings. The number of nitrogens with one attached hydrogen (secondary N) is 1. The molecular formula is C22H30N6O. The molecule has 0 saturated heterocycles. The van der Waals surface area contributed by atoms with E-state index in [4.69, 9.17) is 11.5 Å². The van der Waals surface area contributed by atoms with E-state index < -0.39 is 0 Å². The number of carbonyl (C=O) groups excluding carboxylic acids is 1. The molecule has 1 aliphatic carbocycles. The molecule has 0 radical (unpaired) electrons. The highest BCUT2D eigenvalue weighted by Crippen LogP contribution is 2.29. The molecule has 7 nitrogen and oxygen atoms in total. The smallest absolute Gasteiger partial charge is 0.219 e. The topological polar surface area (TPSA) is 109 Å². The zero-order valence-corrected chi connectivity index (χ0v) is 17.2. The van der Waals surface area contributed by atoms with Crippen LogP contribution in [0.2, 0.25) is 0 Å². The molecule has 29 heavy (non-hydrogen) atoms. The van der Waals surface area contributed by atoms with Crippen molar-refractivity contribution in [1.82, 2.24) is 10.2 Å². The third-order valence-corrected chi connectivity index (χ3v) is 5.29. The Morgan fingerprint density at radius 2 is 2.17 bits per heavy atom. The van der Waals surface area contributed by atoms with Gasteiger partial charge < -0.3 is 21.7 Å². The Bertz CT molecular complexity index is 879. The number of carbonyl (C=O) groups is 1. The molecular weight excluding hydrogens is 364 g/mol. The average Bonchev–Trinajstić information content (AvgIpc) is 3.55. The lowest BCUT2D eigenvalue weighted by atomic mass is 10.0. The SMILES string of the molecule is CN=C(C=CN)c1cccc(N=C(N)C2=C(NCC3CC3)CCN(C(C)=O)C2)c1. The van der Waals surface area contributed by atoms with Crippen LogP contribution < -0.4 is 16.8 Å². The minimum Gasteiger partial charge on any atom is -0.405 e. The Morgan fingerprint density at radius 1 is 1.38 bits per heavy atom. The molecule has 3 rings (SSSR count). The molecule has 1 saturated carbocycles. The standard InChI is InChI=1S/C22H30N6O/c1-15(29)28-11-9-21(26-13-16-6-7-16)19(14-28)22(24)27-18-5-3-4-17(12-18)20(25-2)8-10-23/h3-5,8,10,12,16,26H,6-7,9,11,13-14,23H2,1-2H3,(H2,24,27). The van der Waals surface area contributed by atoms with Gasteiger partial charge in [-0.1, -0.05) is 12.1 Å². The number of nitrogens with two attached hydrogens (primary N) is 2. The Kier molecular flexibility index (Phi) is 6.69. The van der Waals surface area contributed by atoms with Crippen LogP contribution in [0.5, 0.6) is 0 Å². The summed E-state index contributed by atoms with van der Waals surface area (Å²) in [6, 6.07) is 7.70. The van der Waals surface area contributed by atoms with Gasteiger partial charge in [0.2, 0.25) is 5.91 Å². The van der Waals surface area contributed by atoms with Crippen LogP contribution in [0.4, 0.5) is 5.69 Å². The first-order chi connectivity index (χ1) is 14.0. The fourth-order valence-corrected chi connectivity index (χ4v) is 3.38. The summed E-state index contributed by atoms with van der Waals surface area (Å²) in [7, 11) is 1.72. The largest absolute Gasteiger partial charge is 0.405 e. The fourth-order valence-electron chi connectivity index (χ4n) is 3.38. The first-order valence-corrected chi connectivity index (χ1v) is 10.0. The molecule has 7 heteroatoms. The van der Waals surface area contributed by atoms with Crippen molar-refractivity contribution in [3.63, 3.8) is 0 Å². The Balaban J connectivity index is 1.88. The second-order valence-corrected chi connectivity index (χ2v) is 7.49. The molecule has 0 atom stereocenters. The summed E-state index contributed by atoms with van der Waals surface area (Å²) in [6.07, 6.45) is 6.55. The van der Waals surface area contributed by atoms with E-state index in [2.05, 4.69) is 15.3 Å². The van der Waals surface area contributed by atoms with Gasteiger partial charge in [0.25, 0.3) is 0 Å². The van der Waals surface area contributed by atoms with Crippen LogP contribution in [0.3, 0.4) is 0 Å². The van der Waals surface area contributed by atoms with Gasteiger partial charge in [-0.15, -0.1) is 0 Å². The van der Waals surface area contributed by atoms with E-state index in [9.17, 15) is 4.79 Å². The van der Waals surface area contributed by atoms with E-state index in [1.807, 2.05) is 29.2 Å². The summed E-state index contributed by atoms with van der Waals surface area (Å²) in [4.78, 5) is 22.6. The van der Waals surface area contributed by atoms with Gasteiger partial charge in [0.15, 0.2) is 0 Å². The summed E-state index contributed by atoms with van der Waals surface area (Å²) in [5, 5.41) is 3.55. The second-order valence-electron chi connectivity index (χ2n) is 7.49. The van der Waals surface area contributed by atoms with Crippen LogP contribution in [0.25, 0.3) is 0 Å². The number of allylic oxidation sites excluding steroid dienone is 1. The molecule has 5 N–H and O–H groups in total. The summed E-state index contributed by atoms with van der Waals surface area (Å²) in [5.74, 6) is 1.25. The maximum absolute atomic E-state index is 11.9. The summed E-state index contributed by atoms with van der Waals surface area (Å²) >= 11 is 0. The van der Waals surface area contributed by atoms with Crippen molar-refractivity contribution in [3.05, 3.63) is 53.4 Å². The number of amides is 1. The van der Waals surface area contributed by atoms with Gasteiger partial charge in [0.1, 0.15) is 5.84 Å². The summed E-state index contributed by atoms with van der Waals surface area (Å²) in [6.45, 7) is 3.74. The molecule has 1 fully saturated rings. The van der Waals surface area contributed by atoms with Crippen LogP contribution in [0, 0.1) is 5.92 Å². The third-order valence-electron chi connectivity index (χ3n) is 5.29. The van der Waals surface area contributed by atoms with E-state index in [1.165, 1.54) is 19.0 Å². The molecule has 1 heterocycles. The molecule has 1 amide bonds. The van der Waals surface area contributed by atoms with Crippen LogP contribution in [0.15, 0.2) is 57.8 Å². The number of aliphatic imine (C=N–C) groups is 2. The Morgan fingerprint density at radius 3 is 2.83 bits per heavy atom. The molecule has 1 aliphatic heterocycles. The quantitative estimate of drug-likeness (QED) is 0.486. The summed E-state index contributed by atoms with van der Waals surface area (Å²) < 4.78 is 0. The van der Waals surface area contributed by atoms with Crippen molar-refractivity contribution < 1.29 is 4.79 Å². The average molecular weight is 395 g/mol. The van der Waals surface area contributed by atoms with E-state index in [1.54, 1.807) is 20.0 Å². The van der Waals surface area contributed by atoms with Crippen molar-refractivity contribution in [2.45, 2.75) is 26.2 Å². The Labute approximate surface area is 172 Å². The highest BCUT2D eigenvalue weighted by Gasteiger charge is 2.26. The van der Waals surface area contributed by atoms with Gasteiger partial charge in [-0.2, -0.15) is 0 Å². The van der Waals surface area contributed by atoms with Crippen molar-refractivity contribution in [2.24, 2.45) is 27.4 Å². The van der Waals surface area contributed by atoms with Crippen molar-refractivity contribution in [2.75, 3.05) is 26.7 Å². The first-order valence-electron chi connectivity index (χ1n) is 10.0. The van der Waals surface area contributed by atoms with Crippen LogP contribution in [0.1, 0.15) is 31.7 Å². The van der Waals surface area contributed by atoms with Gasteiger partial charge in [0.05, 0.1) is 17.9 Å². The highest BCUT2D eigenvalue weighted by atomic mass is 16.2. The fraction of sp³-hybridized carbons (Fsp3) is 0.409. The van der Waals surface area contributed by atoms with Crippen LogP contribution in [-0.2, 0) is 4.79 Å². The zero-order valence-electron chi connectivity index (χ0n) is 17.2. The lowest BCUT2D eigenvalue weighted by molar-refractivity contribution is -0.128. The second kappa shape index (κ2) is 9.41. The van der Waals surface area contributed by atoms with Gasteiger partial charge in [-0.25, -0.2) is 4.99 Å². The first kappa shape index (κ1) is 20.6. The Hall–Kier alpha value is -3.09. The van der Waals surface area contributed by atoms with Gasteiger partial charge in [-0.3, -0.25) is 9.79 Å². The molecule has 1 aromatic rings. The molecule has 0 bridgehead atoms. The number of amidine groups is 1. The minimum atomic E-state index is 0.0518. The maximum Gasteiger partial charge on any atom is 0.219 e. The number of benzene rings is 1. The monoisotopic (exact) mass is 394 g/mol. The minimum absolute atomic E-state index is 0.0518. The van der Waals surface area contributed by atoms with Gasteiger partial charge in [-0.05, 0) is 43.2 Å². The van der Waals surface area contributed by atoms with E-state index >= 15 is 0 Å². The van der Waals surface area contributed by atoms with Crippen LogP contribution in [-0.4, -0.2) is 49.0 Å². The molecule has 0 unspecified atom stereocenters. The number of hydrogen-bond acceptors (Lipinski definition) is 5.